The van der Waals surface area contributed by atoms with Crippen LogP contribution in [0.3, 0.4) is 0 Å². The first kappa shape index (κ1) is 9.88. The lowest BCUT2D eigenvalue weighted by atomic mass is 9.80. The number of alkyl halides is 2. The Balaban J connectivity index is 2.91. The highest BCUT2D eigenvalue weighted by molar-refractivity contribution is 6.59. The van der Waals surface area contributed by atoms with Crippen LogP contribution in [0.4, 0.5) is 8.78 Å². The van der Waals surface area contributed by atoms with Gasteiger partial charge in [0.05, 0.1) is 6.20 Å². The molecule has 1 aromatic heterocycles. The number of aromatic nitrogens is 1. The average molecular weight is 189 g/mol. The molecule has 0 fully saturated rings. The zero-order chi connectivity index (χ0) is 9.84. The summed E-state index contributed by atoms with van der Waals surface area (Å²) in [5.74, 6) is -0.340. The Labute approximate surface area is 72.9 Å². The van der Waals surface area contributed by atoms with Crippen molar-refractivity contribution >= 4 is 12.6 Å². The first-order valence-corrected chi connectivity index (χ1v) is 3.36. The predicted octanol–water partition coefficient (Wildman–Crippen LogP) is -0.637. The van der Waals surface area contributed by atoms with Crippen molar-refractivity contribution in [3.05, 3.63) is 18.5 Å². The molecule has 0 atom stereocenters. The molecule has 1 rings (SSSR count). The van der Waals surface area contributed by atoms with E-state index in [1.165, 1.54) is 12.3 Å². The SMILES string of the molecule is OB(O)c1ccncc1OC(F)F. The maximum Gasteiger partial charge on any atom is 0.492 e. The van der Waals surface area contributed by atoms with E-state index in [1.54, 1.807) is 0 Å². The van der Waals surface area contributed by atoms with Gasteiger partial charge in [-0.2, -0.15) is 8.78 Å². The van der Waals surface area contributed by atoms with Crippen LogP contribution >= 0.6 is 0 Å². The van der Waals surface area contributed by atoms with Gasteiger partial charge in [-0.1, -0.05) is 0 Å². The van der Waals surface area contributed by atoms with Crippen molar-refractivity contribution < 1.29 is 23.6 Å². The van der Waals surface area contributed by atoms with Crippen LogP contribution in [0.25, 0.3) is 0 Å². The second kappa shape index (κ2) is 4.15. The zero-order valence-electron chi connectivity index (χ0n) is 6.39. The molecule has 0 amide bonds. The molecule has 0 aliphatic carbocycles. The van der Waals surface area contributed by atoms with Crippen molar-refractivity contribution in [3.8, 4) is 5.75 Å². The third kappa shape index (κ3) is 2.64. The molecular formula is C6H6BF2NO3. The molecule has 1 heterocycles. The Morgan fingerprint density at radius 2 is 2.15 bits per heavy atom. The topological polar surface area (TPSA) is 62.6 Å². The summed E-state index contributed by atoms with van der Waals surface area (Å²) in [6, 6.07) is 1.18. The average Bonchev–Trinajstić information content (AvgIpc) is 2.03. The second-order valence-corrected chi connectivity index (χ2v) is 2.17. The predicted molar refractivity (Wildman–Crippen MR) is 40.7 cm³/mol. The van der Waals surface area contributed by atoms with E-state index in [4.69, 9.17) is 10.0 Å². The normalized spacial score (nSPS) is 10.2. The first-order valence-electron chi connectivity index (χ1n) is 3.36. The molecule has 70 valence electrons. The van der Waals surface area contributed by atoms with Gasteiger partial charge in [-0.3, -0.25) is 4.98 Å². The van der Waals surface area contributed by atoms with E-state index >= 15 is 0 Å². The number of pyridine rings is 1. The van der Waals surface area contributed by atoms with Crippen LogP contribution in [0.2, 0.25) is 0 Å². The lowest BCUT2D eigenvalue weighted by Crippen LogP contribution is -2.32. The van der Waals surface area contributed by atoms with Gasteiger partial charge in [0.2, 0.25) is 0 Å². The fraction of sp³-hybridized carbons (Fsp3) is 0.167. The van der Waals surface area contributed by atoms with E-state index in [-0.39, 0.29) is 11.2 Å². The molecule has 0 radical (unpaired) electrons. The third-order valence-electron chi connectivity index (χ3n) is 1.31. The first-order chi connectivity index (χ1) is 6.11. The minimum Gasteiger partial charge on any atom is -0.434 e. The van der Waals surface area contributed by atoms with Gasteiger partial charge < -0.3 is 14.8 Å². The van der Waals surface area contributed by atoms with Crippen LogP contribution in [-0.2, 0) is 0 Å². The van der Waals surface area contributed by atoms with E-state index in [0.29, 0.717) is 0 Å². The number of hydrogen-bond donors (Lipinski definition) is 2. The molecule has 0 bridgehead atoms. The molecule has 0 aliphatic rings. The number of nitrogens with zero attached hydrogens (tertiary/aromatic N) is 1. The van der Waals surface area contributed by atoms with Gasteiger partial charge in [0.15, 0.2) is 0 Å². The van der Waals surface area contributed by atoms with Gasteiger partial charge in [-0.15, -0.1) is 0 Å². The van der Waals surface area contributed by atoms with Crippen LogP contribution in [0, 0.1) is 0 Å². The Bertz CT molecular complexity index is 284. The molecule has 13 heavy (non-hydrogen) atoms. The number of halogens is 2. The van der Waals surface area contributed by atoms with Crippen LogP contribution in [0.15, 0.2) is 18.5 Å². The molecule has 0 aliphatic heterocycles. The maximum atomic E-state index is 11.8. The van der Waals surface area contributed by atoms with Crippen LogP contribution in [0.1, 0.15) is 0 Å². The summed E-state index contributed by atoms with van der Waals surface area (Å²) < 4.78 is 27.5. The van der Waals surface area contributed by atoms with Crippen molar-refractivity contribution in [2.45, 2.75) is 6.61 Å². The van der Waals surface area contributed by atoms with Gasteiger partial charge in [-0.05, 0) is 6.07 Å². The standard InChI is InChI=1S/C6H6BF2NO3/c8-6(9)13-5-3-10-2-1-4(5)7(11)12/h1-3,6,11-12H. The van der Waals surface area contributed by atoms with Crippen LogP contribution < -0.4 is 10.2 Å². The molecule has 0 aromatic carbocycles. The lowest BCUT2D eigenvalue weighted by Gasteiger charge is -2.08. The van der Waals surface area contributed by atoms with Gasteiger partial charge in [0.1, 0.15) is 5.75 Å². The number of rotatable bonds is 3. The summed E-state index contributed by atoms with van der Waals surface area (Å²) in [6.07, 6.45) is 2.23. The Hall–Kier alpha value is -1.21. The largest absolute Gasteiger partial charge is 0.492 e. The molecule has 2 N–H and O–H groups in total. The maximum absolute atomic E-state index is 11.8. The second-order valence-electron chi connectivity index (χ2n) is 2.17. The van der Waals surface area contributed by atoms with Gasteiger partial charge in [0, 0.05) is 11.7 Å². The highest BCUT2D eigenvalue weighted by Crippen LogP contribution is 2.08. The van der Waals surface area contributed by atoms with Crippen LogP contribution in [0.5, 0.6) is 5.75 Å². The summed E-state index contributed by atoms with van der Waals surface area (Å²) in [7, 11) is -1.85. The number of hydrogen-bond acceptors (Lipinski definition) is 4. The third-order valence-corrected chi connectivity index (χ3v) is 1.31. The van der Waals surface area contributed by atoms with Gasteiger partial charge >= 0.3 is 13.7 Å². The van der Waals surface area contributed by atoms with E-state index in [0.717, 1.165) is 6.20 Å². The highest BCUT2D eigenvalue weighted by Gasteiger charge is 2.18. The smallest absolute Gasteiger partial charge is 0.434 e. The minimum atomic E-state index is -3.01. The molecule has 0 saturated carbocycles. The molecule has 7 heteroatoms. The summed E-state index contributed by atoms with van der Waals surface area (Å²) in [6.45, 7) is -3.01. The highest BCUT2D eigenvalue weighted by atomic mass is 19.3. The van der Waals surface area contributed by atoms with Gasteiger partial charge in [0.25, 0.3) is 0 Å². The molecule has 1 aromatic rings. The summed E-state index contributed by atoms with van der Waals surface area (Å²) in [5.41, 5.74) is -0.143. The fourth-order valence-electron chi connectivity index (χ4n) is 0.798. The molecule has 0 unspecified atom stereocenters. The Morgan fingerprint density at radius 3 is 2.69 bits per heavy atom. The van der Waals surface area contributed by atoms with Crippen molar-refractivity contribution in [2.75, 3.05) is 0 Å². The zero-order valence-corrected chi connectivity index (χ0v) is 6.39. The summed E-state index contributed by atoms with van der Waals surface area (Å²) >= 11 is 0. The van der Waals surface area contributed by atoms with Crippen LogP contribution in [-0.4, -0.2) is 28.8 Å². The van der Waals surface area contributed by atoms with Crippen molar-refractivity contribution in [1.82, 2.24) is 4.98 Å². The Morgan fingerprint density at radius 1 is 1.46 bits per heavy atom. The quantitative estimate of drug-likeness (QED) is 0.621. The van der Waals surface area contributed by atoms with Crippen molar-refractivity contribution in [1.29, 1.82) is 0 Å². The molecule has 0 saturated heterocycles. The number of ether oxygens (including phenoxy) is 1. The van der Waals surface area contributed by atoms with E-state index in [1.807, 2.05) is 0 Å². The van der Waals surface area contributed by atoms with E-state index in [9.17, 15) is 8.78 Å². The summed E-state index contributed by atoms with van der Waals surface area (Å²) in [5, 5.41) is 17.4. The Kier molecular flexibility index (Phi) is 3.15. The van der Waals surface area contributed by atoms with E-state index < -0.39 is 13.7 Å². The summed E-state index contributed by atoms with van der Waals surface area (Å²) in [4.78, 5) is 3.50. The van der Waals surface area contributed by atoms with Crippen molar-refractivity contribution in [3.63, 3.8) is 0 Å². The molecular weight excluding hydrogens is 183 g/mol. The monoisotopic (exact) mass is 189 g/mol. The van der Waals surface area contributed by atoms with Crippen molar-refractivity contribution in [2.24, 2.45) is 0 Å². The minimum absolute atomic E-state index is 0.143. The molecule has 0 spiro atoms. The lowest BCUT2D eigenvalue weighted by molar-refractivity contribution is -0.0494. The fourth-order valence-corrected chi connectivity index (χ4v) is 0.798. The van der Waals surface area contributed by atoms with E-state index in [2.05, 4.69) is 9.72 Å². The van der Waals surface area contributed by atoms with Gasteiger partial charge in [-0.25, -0.2) is 0 Å². The molecule has 4 nitrogen and oxygen atoms in total.